The van der Waals surface area contributed by atoms with E-state index in [-0.39, 0.29) is 36.3 Å². The number of ether oxygens (including phenoxy) is 1. The van der Waals surface area contributed by atoms with Gasteiger partial charge in [0.2, 0.25) is 0 Å². The van der Waals surface area contributed by atoms with Crippen LogP contribution >= 0.6 is 35.6 Å². The van der Waals surface area contributed by atoms with Crippen LogP contribution in [0.25, 0.3) is 0 Å². The lowest BCUT2D eigenvalue weighted by molar-refractivity contribution is 0.150. The molecule has 0 unspecified atom stereocenters. The third kappa shape index (κ3) is 9.73. The molecule has 1 aromatic carbocycles. The van der Waals surface area contributed by atoms with Gasteiger partial charge in [-0.15, -0.1) is 24.0 Å². The summed E-state index contributed by atoms with van der Waals surface area (Å²) in [7, 11) is -1.20. The number of nitrogens with one attached hydrogen (secondary N) is 1. The van der Waals surface area contributed by atoms with Crippen molar-refractivity contribution in [2.45, 2.75) is 6.54 Å². The molecular formula is C18H30ClIN4O3S. The minimum Gasteiger partial charge on any atom is -0.379 e. The molecule has 0 aliphatic carbocycles. The Balaban J connectivity index is 0.00000392. The van der Waals surface area contributed by atoms with Crippen LogP contribution < -0.4 is 5.32 Å². The fraction of sp³-hybridized carbons (Fsp3) is 0.611. The average molecular weight is 545 g/mol. The molecule has 1 fully saturated rings. The highest BCUT2D eigenvalue weighted by atomic mass is 127. The van der Waals surface area contributed by atoms with Gasteiger partial charge in [0.25, 0.3) is 0 Å². The Morgan fingerprint density at radius 2 is 1.96 bits per heavy atom. The van der Waals surface area contributed by atoms with Crippen LogP contribution in [0.1, 0.15) is 5.56 Å². The molecule has 1 aliphatic rings. The van der Waals surface area contributed by atoms with Gasteiger partial charge in [0.05, 0.1) is 19.0 Å². The van der Waals surface area contributed by atoms with Crippen molar-refractivity contribution in [3.05, 3.63) is 34.9 Å². The standard InChI is InChI=1S/C18H29ClN4O3S.HI/c1-20-18(21-6-11-26-12-13-27(2,24)25)23-9-7-22(8-10-23)15-16-4-3-5-17(19)14-16;/h3-5,14H,6-13,15H2,1-2H3,(H,20,21);1H. The van der Waals surface area contributed by atoms with Gasteiger partial charge in [-0.05, 0) is 17.7 Å². The Morgan fingerprint density at radius 3 is 2.57 bits per heavy atom. The van der Waals surface area contributed by atoms with E-state index in [0.717, 1.165) is 43.7 Å². The van der Waals surface area contributed by atoms with Crippen LogP contribution in [-0.4, -0.2) is 89.2 Å². The zero-order valence-corrected chi connectivity index (χ0v) is 20.3. The first kappa shape index (κ1) is 25.4. The largest absolute Gasteiger partial charge is 0.379 e. The number of hydrogen-bond acceptors (Lipinski definition) is 5. The minimum atomic E-state index is -2.97. The Kier molecular flexibility index (Phi) is 11.7. The lowest BCUT2D eigenvalue weighted by atomic mass is 10.2. The number of aliphatic imine (C=N–C) groups is 1. The number of sulfone groups is 1. The van der Waals surface area contributed by atoms with E-state index >= 15 is 0 Å². The van der Waals surface area contributed by atoms with Gasteiger partial charge in [-0.2, -0.15) is 0 Å². The highest BCUT2D eigenvalue weighted by Gasteiger charge is 2.19. The SMILES string of the molecule is CN=C(NCCOCCS(C)(=O)=O)N1CCN(Cc2cccc(Cl)c2)CC1.I. The topological polar surface area (TPSA) is 74.2 Å². The maximum atomic E-state index is 11.1. The first-order chi connectivity index (χ1) is 12.9. The van der Waals surface area contributed by atoms with Gasteiger partial charge in [0, 0.05) is 57.6 Å². The van der Waals surface area contributed by atoms with Crippen LogP contribution in [-0.2, 0) is 21.1 Å². The number of nitrogens with zero attached hydrogens (tertiary/aromatic N) is 3. The number of benzene rings is 1. The lowest BCUT2D eigenvalue weighted by Gasteiger charge is -2.36. The average Bonchev–Trinajstić information content (AvgIpc) is 2.61. The first-order valence-corrected chi connectivity index (χ1v) is 11.5. The van der Waals surface area contributed by atoms with Crippen molar-refractivity contribution < 1.29 is 13.2 Å². The molecule has 1 N–H and O–H groups in total. The number of rotatable bonds is 8. The van der Waals surface area contributed by atoms with Crippen molar-refractivity contribution in [2.24, 2.45) is 4.99 Å². The second-order valence-electron chi connectivity index (χ2n) is 6.61. The lowest BCUT2D eigenvalue weighted by Crippen LogP contribution is -2.52. The van der Waals surface area contributed by atoms with E-state index in [9.17, 15) is 8.42 Å². The van der Waals surface area contributed by atoms with Crippen LogP contribution in [0.15, 0.2) is 29.3 Å². The summed E-state index contributed by atoms with van der Waals surface area (Å²) in [4.78, 5) is 8.97. The molecule has 0 aromatic heterocycles. The van der Waals surface area contributed by atoms with Gasteiger partial charge < -0.3 is 15.0 Å². The summed E-state index contributed by atoms with van der Waals surface area (Å²) in [6, 6.07) is 7.99. The van der Waals surface area contributed by atoms with Crippen molar-refractivity contribution in [2.75, 3.05) is 65.0 Å². The molecule has 10 heteroatoms. The van der Waals surface area contributed by atoms with Crippen LogP contribution in [0, 0.1) is 0 Å². The van der Waals surface area contributed by atoms with E-state index in [0.29, 0.717) is 13.2 Å². The quantitative estimate of drug-likeness (QED) is 0.233. The highest BCUT2D eigenvalue weighted by molar-refractivity contribution is 14.0. The third-order valence-corrected chi connectivity index (χ3v) is 5.45. The van der Waals surface area contributed by atoms with E-state index in [1.165, 1.54) is 11.8 Å². The summed E-state index contributed by atoms with van der Waals surface area (Å²) in [5.41, 5.74) is 1.23. The van der Waals surface area contributed by atoms with Crippen LogP contribution in [0.3, 0.4) is 0 Å². The zero-order valence-electron chi connectivity index (χ0n) is 16.4. The molecule has 160 valence electrons. The summed E-state index contributed by atoms with van der Waals surface area (Å²) in [6.07, 6.45) is 1.21. The molecule has 1 aromatic rings. The molecule has 1 heterocycles. The number of guanidine groups is 1. The monoisotopic (exact) mass is 544 g/mol. The number of piperazine rings is 1. The Morgan fingerprint density at radius 1 is 1.25 bits per heavy atom. The molecule has 0 amide bonds. The van der Waals surface area contributed by atoms with Crippen molar-refractivity contribution in [3.63, 3.8) is 0 Å². The van der Waals surface area contributed by atoms with Crippen LogP contribution in [0.4, 0.5) is 0 Å². The zero-order chi connectivity index (χ0) is 19.7. The summed E-state index contributed by atoms with van der Waals surface area (Å²) >= 11 is 6.06. The van der Waals surface area contributed by atoms with Gasteiger partial charge in [-0.25, -0.2) is 8.42 Å². The summed E-state index contributed by atoms with van der Waals surface area (Å²) in [6.45, 7) is 5.87. The van der Waals surface area contributed by atoms with Gasteiger partial charge >= 0.3 is 0 Å². The molecule has 1 saturated heterocycles. The van der Waals surface area contributed by atoms with Gasteiger partial charge in [0.15, 0.2) is 5.96 Å². The molecule has 2 rings (SSSR count). The van der Waals surface area contributed by atoms with Crippen molar-refractivity contribution in [1.29, 1.82) is 0 Å². The van der Waals surface area contributed by atoms with Crippen molar-refractivity contribution in [1.82, 2.24) is 15.1 Å². The number of hydrogen-bond donors (Lipinski definition) is 1. The van der Waals surface area contributed by atoms with Gasteiger partial charge in [-0.3, -0.25) is 9.89 Å². The molecule has 1 aliphatic heterocycles. The smallest absolute Gasteiger partial charge is 0.193 e. The molecular weight excluding hydrogens is 515 g/mol. The highest BCUT2D eigenvalue weighted by Crippen LogP contribution is 2.14. The Labute approximate surface area is 190 Å². The molecule has 0 radical (unpaired) electrons. The number of halogens is 2. The fourth-order valence-corrected chi connectivity index (χ4v) is 3.52. The molecule has 28 heavy (non-hydrogen) atoms. The predicted molar refractivity (Wildman–Crippen MR) is 126 cm³/mol. The van der Waals surface area contributed by atoms with Crippen molar-refractivity contribution >= 4 is 51.4 Å². The summed E-state index contributed by atoms with van der Waals surface area (Å²) in [5.74, 6) is 0.903. The van der Waals surface area contributed by atoms with E-state index in [4.69, 9.17) is 16.3 Å². The Bertz CT molecular complexity index is 725. The molecule has 0 bridgehead atoms. The van der Waals surface area contributed by atoms with Crippen LogP contribution in [0.2, 0.25) is 5.02 Å². The summed E-state index contributed by atoms with van der Waals surface area (Å²) < 4.78 is 27.5. The molecule has 0 saturated carbocycles. The molecule has 7 nitrogen and oxygen atoms in total. The maximum Gasteiger partial charge on any atom is 0.193 e. The fourth-order valence-electron chi connectivity index (χ4n) is 2.89. The first-order valence-electron chi connectivity index (χ1n) is 9.05. The predicted octanol–water partition coefficient (Wildman–Crippen LogP) is 1.71. The van der Waals surface area contributed by atoms with Crippen molar-refractivity contribution in [3.8, 4) is 0 Å². The van der Waals surface area contributed by atoms with E-state index < -0.39 is 9.84 Å². The van der Waals surface area contributed by atoms with Crippen LogP contribution in [0.5, 0.6) is 0 Å². The molecule has 0 spiro atoms. The maximum absolute atomic E-state index is 11.1. The van der Waals surface area contributed by atoms with E-state index in [2.05, 4.69) is 26.2 Å². The second-order valence-corrected chi connectivity index (χ2v) is 9.31. The second kappa shape index (κ2) is 12.8. The Hall–Kier alpha value is -0.620. The van der Waals surface area contributed by atoms with E-state index in [1.54, 1.807) is 7.05 Å². The third-order valence-electron chi connectivity index (χ3n) is 4.31. The van der Waals surface area contributed by atoms with Gasteiger partial charge in [-0.1, -0.05) is 23.7 Å². The van der Waals surface area contributed by atoms with Gasteiger partial charge in [0.1, 0.15) is 9.84 Å². The minimum absolute atomic E-state index is 0. The molecule has 0 atom stereocenters. The normalized spacial score (nSPS) is 16.0. The summed E-state index contributed by atoms with van der Waals surface area (Å²) in [5, 5.41) is 4.05. The van der Waals surface area contributed by atoms with E-state index in [1.807, 2.05) is 18.2 Å².